The number of benzene rings is 2. The van der Waals surface area contributed by atoms with Gasteiger partial charge in [-0.3, -0.25) is 0 Å². The molecule has 1 atom stereocenters. The highest BCUT2D eigenvalue weighted by Crippen LogP contribution is 2.42. The first-order valence-electron chi connectivity index (χ1n) is 8.48. The summed E-state index contributed by atoms with van der Waals surface area (Å²) in [6.07, 6.45) is 0. The number of halogens is 1. The highest BCUT2D eigenvalue weighted by atomic mass is 35.5. The molecule has 1 unspecified atom stereocenters. The summed E-state index contributed by atoms with van der Waals surface area (Å²) in [6, 6.07) is 14.5. The smallest absolute Gasteiger partial charge is 0.348 e. The van der Waals surface area contributed by atoms with Gasteiger partial charge in [-0.1, -0.05) is 41.9 Å². The molecule has 3 rings (SSSR count). The molecule has 2 aromatic rings. The summed E-state index contributed by atoms with van der Waals surface area (Å²) in [5.41, 5.74) is -0.169. The molecule has 0 amide bonds. The molecule has 0 spiro atoms. The van der Waals surface area contributed by atoms with Crippen LogP contribution < -0.4 is 4.74 Å². The van der Waals surface area contributed by atoms with Crippen molar-refractivity contribution in [1.29, 1.82) is 0 Å². The number of nitrogens with zero attached hydrogens (tertiary/aromatic N) is 1. The van der Waals surface area contributed by atoms with Gasteiger partial charge >= 0.3 is 5.97 Å². The zero-order valence-electron chi connectivity index (χ0n) is 14.9. The minimum absolute atomic E-state index is 0.254. The van der Waals surface area contributed by atoms with Crippen molar-refractivity contribution in [1.82, 2.24) is 4.90 Å². The molecule has 5 nitrogen and oxygen atoms in total. The van der Waals surface area contributed by atoms with Crippen LogP contribution in [0.3, 0.4) is 0 Å². The van der Waals surface area contributed by atoms with Crippen molar-refractivity contribution in [3.05, 3.63) is 64.7 Å². The third-order valence-corrected chi connectivity index (χ3v) is 4.45. The molecule has 0 N–H and O–H groups in total. The Hall–Kier alpha value is -2.08. The second kappa shape index (κ2) is 8.08. The Balaban J connectivity index is 2.10. The van der Waals surface area contributed by atoms with Crippen LogP contribution in [0.15, 0.2) is 48.5 Å². The van der Waals surface area contributed by atoms with E-state index in [4.69, 9.17) is 25.8 Å². The zero-order chi connectivity index (χ0) is 18.6. The Morgan fingerprint density at radius 3 is 2.69 bits per heavy atom. The van der Waals surface area contributed by atoms with Gasteiger partial charge in [0.2, 0.25) is 5.60 Å². The van der Waals surface area contributed by atoms with Gasteiger partial charge in [-0.2, -0.15) is 0 Å². The van der Waals surface area contributed by atoms with Crippen LogP contribution in [0, 0.1) is 0 Å². The Kier molecular flexibility index (Phi) is 5.81. The van der Waals surface area contributed by atoms with Gasteiger partial charge in [-0.25, -0.2) is 4.79 Å². The molecule has 0 aliphatic carbocycles. The van der Waals surface area contributed by atoms with Gasteiger partial charge < -0.3 is 19.1 Å². The third-order valence-electron chi connectivity index (χ3n) is 4.22. The van der Waals surface area contributed by atoms with E-state index in [1.807, 2.05) is 49.3 Å². The predicted octanol–water partition coefficient (Wildman–Crippen LogP) is 3.10. The van der Waals surface area contributed by atoms with E-state index in [1.54, 1.807) is 18.2 Å². The second-order valence-corrected chi connectivity index (χ2v) is 6.76. The molecule has 0 saturated carbocycles. The van der Waals surface area contributed by atoms with Crippen LogP contribution in [0.2, 0.25) is 5.02 Å². The molecule has 0 radical (unpaired) electrons. The number of hydrogen-bond acceptors (Lipinski definition) is 5. The quantitative estimate of drug-likeness (QED) is 0.751. The van der Waals surface area contributed by atoms with Gasteiger partial charge in [-0.15, -0.1) is 0 Å². The van der Waals surface area contributed by atoms with Gasteiger partial charge in [0.1, 0.15) is 19.0 Å². The molecule has 0 bridgehead atoms. The number of carbonyl (C=O) groups is 1. The molecule has 6 heteroatoms. The van der Waals surface area contributed by atoms with E-state index in [1.165, 1.54) is 0 Å². The van der Waals surface area contributed by atoms with Crippen LogP contribution >= 0.6 is 11.6 Å². The number of carbonyl (C=O) groups excluding carboxylic acids is 1. The standard InChI is InChI=1S/C20H22ClNO4/c1-22(2)10-11-25-19(23)20(15-6-4-3-5-7-15)17-14-16(21)8-9-18(17)24-12-13-26-20/h3-9,14H,10-13H2,1-2H3. The third kappa shape index (κ3) is 3.70. The number of hydrogen-bond donors (Lipinski definition) is 0. The largest absolute Gasteiger partial charge is 0.491 e. The lowest BCUT2D eigenvalue weighted by Crippen LogP contribution is -2.42. The van der Waals surface area contributed by atoms with E-state index in [9.17, 15) is 4.79 Å². The van der Waals surface area contributed by atoms with E-state index in [2.05, 4.69) is 0 Å². The van der Waals surface area contributed by atoms with Crippen molar-refractivity contribution < 1.29 is 19.0 Å². The van der Waals surface area contributed by atoms with E-state index in [0.29, 0.717) is 35.1 Å². The maximum Gasteiger partial charge on any atom is 0.348 e. The van der Waals surface area contributed by atoms with Crippen molar-refractivity contribution in [2.75, 3.05) is 40.5 Å². The summed E-state index contributed by atoms with van der Waals surface area (Å²) >= 11 is 6.23. The van der Waals surface area contributed by atoms with E-state index in [0.717, 1.165) is 0 Å². The fraction of sp³-hybridized carbons (Fsp3) is 0.350. The Morgan fingerprint density at radius 1 is 1.19 bits per heavy atom. The number of fused-ring (bicyclic) bond motifs is 1. The summed E-state index contributed by atoms with van der Waals surface area (Å²) in [5.74, 6) is 0.0971. The molecule has 0 saturated heterocycles. The summed E-state index contributed by atoms with van der Waals surface area (Å²) in [7, 11) is 3.84. The summed E-state index contributed by atoms with van der Waals surface area (Å²) in [5, 5.41) is 0.499. The van der Waals surface area contributed by atoms with Crippen molar-refractivity contribution in [3.63, 3.8) is 0 Å². The molecule has 1 aliphatic rings. The zero-order valence-corrected chi connectivity index (χ0v) is 15.7. The lowest BCUT2D eigenvalue weighted by atomic mass is 9.85. The van der Waals surface area contributed by atoms with Gasteiger partial charge in [0.05, 0.1) is 6.61 Å². The first-order valence-corrected chi connectivity index (χ1v) is 8.86. The maximum absolute atomic E-state index is 13.3. The molecular formula is C20H22ClNO4. The van der Waals surface area contributed by atoms with Crippen molar-refractivity contribution in [3.8, 4) is 5.75 Å². The SMILES string of the molecule is CN(C)CCOC(=O)C1(c2ccccc2)OCCOc2ccc(Cl)cc21. The van der Waals surface area contributed by atoms with Gasteiger partial charge in [0, 0.05) is 17.1 Å². The minimum Gasteiger partial charge on any atom is -0.491 e. The monoisotopic (exact) mass is 375 g/mol. The van der Waals surface area contributed by atoms with E-state index >= 15 is 0 Å². The first kappa shape index (κ1) is 18.7. The van der Waals surface area contributed by atoms with E-state index < -0.39 is 11.6 Å². The Bertz CT molecular complexity index is 766. The number of ether oxygens (including phenoxy) is 3. The van der Waals surface area contributed by atoms with Gasteiger partial charge in [0.25, 0.3) is 0 Å². The topological polar surface area (TPSA) is 48.0 Å². The summed E-state index contributed by atoms with van der Waals surface area (Å²) in [4.78, 5) is 15.2. The minimum atomic E-state index is -1.41. The highest BCUT2D eigenvalue weighted by Gasteiger charge is 2.48. The maximum atomic E-state index is 13.3. The first-order chi connectivity index (χ1) is 12.5. The van der Waals surface area contributed by atoms with Gasteiger partial charge in [-0.05, 0) is 37.9 Å². The van der Waals surface area contributed by atoms with Crippen molar-refractivity contribution >= 4 is 17.6 Å². The fourth-order valence-electron chi connectivity index (χ4n) is 2.95. The number of likely N-dealkylation sites (N-methyl/N-ethyl adjacent to an activating group) is 1. The molecule has 138 valence electrons. The van der Waals surface area contributed by atoms with Crippen LogP contribution in [0.1, 0.15) is 11.1 Å². The molecule has 0 fully saturated rings. The lowest BCUT2D eigenvalue weighted by molar-refractivity contribution is -0.168. The Morgan fingerprint density at radius 2 is 1.96 bits per heavy atom. The average molecular weight is 376 g/mol. The van der Waals surface area contributed by atoms with E-state index in [-0.39, 0.29) is 13.2 Å². The van der Waals surface area contributed by atoms with Crippen molar-refractivity contribution in [2.24, 2.45) is 0 Å². The molecule has 1 aliphatic heterocycles. The number of rotatable bonds is 5. The highest BCUT2D eigenvalue weighted by molar-refractivity contribution is 6.30. The summed E-state index contributed by atoms with van der Waals surface area (Å²) in [6.45, 7) is 1.48. The molecule has 26 heavy (non-hydrogen) atoms. The van der Waals surface area contributed by atoms with Gasteiger partial charge in [0.15, 0.2) is 0 Å². The van der Waals surface area contributed by atoms with Crippen LogP contribution in [-0.4, -0.2) is 51.3 Å². The van der Waals surface area contributed by atoms with Crippen molar-refractivity contribution in [2.45, 2.75) is 5.60 Å². The molecule has 1 heterocycles. The van der Waals surface area contributed by atoms with Crippen LogP contribution in [0.5, 0.6) is 5.75 Å². The van der Waals surface area contributed by atoms with Crippen LogP contribution in [0.4, 0.5) is 0 Å². The second-order valence-electron chi connectivity index (χ2n) is 6.32. The lowest BCUT2D eigenvalue weighted by Gasteiger charge is -2.31. The Labute approximate surface area is 158 Å². The van der Waals surface area contributed by atoms with Crippen LogP contribution in [0.25, 0.3) is 0 Å². The van der Waals surface area contributed by atoms with Crippen LogP contribution in [-0.2, 0) is 19.9 Å². The normalized spacial score (nSPS) is 19.4. The average Bonchev–Trinajstić information content (AvgIpc) is 2.82. The molecule has 0 aromatic heterocycles. The fourth-order valence-corrected chi connectivity index (χ4v) is 3.12. The predicted molar refractivity (Wildman–Crippen MR) is 99.6 cm³/mol. The number of esters is 1. The molecular weight excluding hydrogens is 354 g/mol. The summed E-state index contributed by atoms with van der Waals surface area (Å²) < 4.78 is 17.5. The molecule has 2 aromatic carbocycles.